The molecule has 19 heavy (non-hydrogen) atoms. The first-order chi connectivity index (χ1) is 9.08. The molecule has 1 aromatic rings. The third-order valence-corrected chi connectivity index (χ3v) is 3.91. The molecule has 1 saturated heterocycles. The summed E-state index contributed by atoms with van der Waals surface area (Å²) < 4.78 is 5.31. The van der Waals surface area contributed by atoms with Gasteiger partial charge in [0.15, 0.2) is 0 Å². The molecule has 1 aliphatic rings. The Labute approximate surface area is 122 Å². The number of amides is 1. The normalized spacial score (nSPS) is 18.1. The second-order valence-corrected chi connectivity index (χ2v) is 5.49. The molecular formula is C13H16Cl2N2O2. The number of pyridine rings is 1. The predicted octanol–water partition coefficient (Wildman–Crippen LogP) is 2.93. The van der Waals surface area contributed by atoms with Gasteiger partial charge in [-0.25, -0.2) is 4.98 Å². The third-order valence-electron chi connectivity index (χ3n) is 3.40. The van der Waals surface area contributed by atoms with E-state index < -0.39 is 0 Å². The van der Waals surface area contributed by atoms with Crippen molar-refractivity contribution in [3.8, 4) is 0 Å². The molecule has 4 nitrogen and oxygen atoms in total. The minimum Gasteiger partial charge on any atom is -0.381 e. The van der Waals surface area contributed by atoms with Crippen LogP contribution in [0.3, 0.4) is 0 Å². The van der Waals surface area contributed by atoms with Crippen LogP contribution in [0.4, 0.5) is 0 Å². The summed E-state index contributed by atoms with van der Waals surface area (Å²) in [5.41, 5.74) is 0.362. The van der Waals surface area contributed by atoms with Crippen molar-refractivity contribution < 1.29 is 9.53 Å². The molecule has 0 spiro atoms. The second kappa shape index (κ2) is 6.55. The van der Waals surface area contributed by atoms with E-state index in [9.17, 15) is 4.79 Å². The number of nitrogens with zero attached hydrogens (tertiary/aromatic N) is 1. The van der Waals surface area contributed by atoms with Crippen LogP contribution in [0.25, 0.3) is 0 Å². The van der Waals surface area contributed by atoms with Gasteiger partial charge in [0, 0.05) is 25.5 Å². The molecule has 0 radical (unpaired) electrons. The van der Waals surface area contributed by atoms with Crippen molar-refractivity contribution in [3.05, 3.63) is 28.0 Å². The summed E-state index contributed by atoms with van der Waals surface area (Å²) in [7, 11) is 0. The molecule has 104 valence electrons. The van der Waals surface area contributed by atoms with Crippen molar-refractivity contribution in [2.75, 3.05) is 13.2 Å². The molecule has 1 aromatic heterocycles. The molecule has 2 rings (SSSR count). The summed E-state index contributed by atoms with van der Waals surface area (Å²) in [6.07, 6.45) is 3.32. The first-order valence-electron chi connectivity index (χ1n) is 6.27. The summed E-state index contributed by atoms with van der Waals surface area (Å²) in [5.74, 6) is 0.224. The van der Waals surface area contributed by atoms with Crippen LogP contribution in [-0.2, 0) is 4.74 Å². The van der Waals surface area contributed by atoms with Crippen molar-refractivity contribution in [2.45, 2.75) is 25.8 Å². The van der Waals surface area contributed by atoms with E-state index in [0.29, 0.717) is 16.5 Å². The third kappa shape index (κ3) is 3.81. The van der Waals surface area contributed by atoms with E-state index in [2.05, 4.69) is 10.3 Å². The van der Waals surface area contributed by atoms with Gasteiger partial charge in [0.25, 0.3) is 5.91 Å². The van der Waals surface area contributed by atoms with Crippen LogP contribution in [0.5, 0.6) is 0 Å². The largest absolute Gasteiger partial charge is 0.381 e. The van der Waals surface area contributed by atoms with Gasteiger partial charge in [0.1, 0.15) is 5.15 Å². The average molecular weight is 303 g/mol. The first kappa shape index (κ1) is 14.6. The molecule has 1 fully saturated rings. The quantitative estimate of drug-likeness (QED) is 0.874. The standard InChI is InChI=1S/C13H16Cl2N2O2/c1-8(9-2-4-19-5-3-9)17-13(18)10-6-12(15)16-7-11(10)14/h6-9H,2-5H2,1H3,(H,17,18). The predicted molar refractivity (Wildman–Crippen MR) is 74.7 cm³/mol. The lowest BCUT2D eigenvalue weighted by atomic mass is 9.93. The molecule has 2 heterocycles. The van der Waals surface area contributed by atoms with Gasteiger partial charge in [-0.3, -0.25) is 4.79 Å². The molecule has 1 unspecified atom stereocenters. The Morgan fingerprint density at radius 1 is 1.47 bits per heavy atom. The van der Waals surface area contributed by atoms with E-state index in [0.717, 1.165) is 26.1 Å². The Hall–Kier alpha value is -0.840. The topological polar surface area (TPSA) is 51.2 Å². The lowest BCUT2D eigenvalue weighted by Gasteiger charge is -2.28. The van der Waals surface area contributed by atoms with Crippen molar-refractivity contribution in [2.24, 2.45) is 5.92 Å². The van der Waals surface area contributed by atoms with Crippen LogP contribution in [-0.4, -0.2) is 30.1 Å². The Morgan fingerprint density at radius 3 is 2.84 bits per heavy atom. The smallest absolute Gasteiger partial charge is 0.253 e. The van der Waals surface area contributed by atoms with Crippen LogP contribution in [0.1, 0.15) is 30.1 Å². The molecule has 0 saturated carbocycles. The van der Waals surface area contributed by atoms with E-state index >= 15 is 0 Å². The molecule has 1 atom stereocenters. The number of carbonyl (C=O) groups is 1. The molecule has 6 heteroatoms. The molecule has 0 bridgehead atoms. The summed E-state index contributed by atoms with van der Waals surface area (Å²) in [6.45, 7) is 3.52. The van der Waals surface area contributed by atoms with Crippen LogP contribution < -0.4 is 5.32 Å². The number of rotatable bonds is 3. The maximum atomic E-state index is 12.2. The van der Waals surface area contributed by atoms with E-state index in [-0.39, 0.29) is 17.1 Å². The zero-order chi connectivity index (χ0) is 13.8. The number of carbonyl (C=O) groups excluding carboxylic acids is 1. The number of halogens is 2. The Bertz CT molecular complexity index is 462. The van der Waals surface area contributed by atoms with Gasteiger partial charge in [-0.1, -0.05) is 23.2 Å². The molecule has 1 N–H and O–H groups in total. The van der Waals surface area contributed by atoms with Gasteiger partial charge >= 0.3 is 0 Å². The molecule has 0 aromatic carbocycles. The molecule has 1 amide bonds. The van der Waals surface area contributed by atoms with Crippen molar-refractivity contribution in [1.29, 1.82) is 0 Å². The average Bonchev–Trinajstić information content (AvgIpc) is 2.42. The second-order valence-electron chi connectivity index (χ2n) is 4.70. The van der Waals surface area contributed by atoms with Crippen LogP contribution in [0.2, 0.25) is 10.2 Å². The highest BCUT2D eigenvalue weighted by molar-refractivity contribution is 6.35. The van der Waals surface area contributed by atoms with Gasteiger partial charge in [0.2, 0.25) is 0 Å². The number of aromatic nitrogens is 1. The number of ether oxygens (including phenoxy) is 1. The lowest BCUT2D eigenvalue weighted by molar-refractivity contribution is 0.0538. The summed E-state index contributed by atoms with van der Waals surface area (Å²) >= 11 is 11.7. The van der Waals surface area contributed by atoms with Crippen LogP contribution >= 0.6 is 23.2 Å². The fraction of sp³-hybridized carbons (Fsp3) is 0.538. The van der Waals surface area contributed by atoms with E-state index in [1.54, 1.807) is 0 Å². The number of hydrogen-bond donors (Lipinski definition) is 1. The van der Waals surface area contributed by atoms with Gasteiger partial charge < -0.3 is 10.1 Å². The summed E-state index contributed by atoms with van der Waals surface area (Å²) in [6, 6.07) is 1.56. The van der Waals surface area contributed by atoms with E-state index in [1.165, 1.54) is 12.3 Å². The zero-order valence-electron chi connectivity index (χ0n) is 10.7. The molecular weight excluding hydrogens is 287 g/mol. The van der Waals surface area contributed by atoms with Crippen LogP contribution in [0.15, 0.2) is 12.3 Å². The number of nitrogens with one attached hydrogen (secondary N) is 1. The fourth-order valence-electron chi connectivity index (χ4n) is 2.21. The first-order valence-corrected chi connectivity index (χ1v) is 7.03. The fourth-order valence-corrected chi connectivity index (χ4v) is 2.55. The van der Waals surface area contributed by atoms with E-state index in [4.69, 9.17) is 27.9 Å². The minimum absolute atomic E-state index is 0.0828. The van der Waals surface area contributed by atoms with Crippen molar-refractivity contribution in [1.82, 2.24) is 10.3 Å². The van der Waals surface area contributed by atoms with Gasteiger partial charge in [-0.05, 0) is 31.7 Å². The SMILES string of the molecule is CC(NC(=O)c1cc(Cl)ncc1Cl)C1CCOCC1. The van der Waals surface area contributed by atoms with Gasteiger partial charge in [-0.2, -0.15) is 0 Å². The number of hydrogen-bond acceptors (Lipinski definition) is 3. The minimum atomic E-state index is -0.215. The van der Waals surface area contributed by atoms with Gasteiger partial charge in [0.05, 0.1) is 10.6 Å². The summed E-state index contributed by atoms with van der Waals surface area (Å²) in [4.78, 5) is 16.0. The monoisotopic (exact) mass is 302 g/mol. The Kier molecular flexibility index (Phi) is 5.02. The maximum Gasteiger partial charge on any atom is 0.253 e. The van der Waals surface area contributed by atoms with Crippen molar-refractivity contribution in [3.63, 3.8) is 0 Å². The van der Waals surface area contributed by atoms with Crippen LogP contribution in [0, 0.1) is 5.92 Å². The molecule has 0 aliphatic carbocycles. The van der Waals surface area contributed by atoms with E-state index in [1.807, 2.05) is 6.92 Å². The summed E-state index contributed by atoms with van der Waals surface area (Å²) in [5, 5.41) is 3.53. The Morgan fingerprint density at radius 2 is 2.16 bits per heavy atom. The Balaban J connectivity index is 2.01. The highest BCUT2D eigenvalue weighted by Crippen LogP contribution is 2.21. The molecule has 1 aliphatic heterocycles. The maximum absolute atomic E-state index is 12.2. The lowest BCUT2D eigenvalue weighted by Crippen LogP contribution is -2.40. The van der Waals surface area contributed by atoms with Crippen molar-refractivity contribution >= 4 is 29.1 Å². The van der Waals surface area contributed by atoms with Gasteiger partial charge in [-0.15, -0.1) is 0 Å². The highest BCUT2D eigenvalue weighted by Gasteiger charge is 2.23. The zero-order valence-corrected chi connectivity index (χ0v) is 12.2. The highest BCUT2D eigenvalue weighted by atomic mass is 35.5.